The number of ether oxygens (including phenoxy) is 6. The summed E-state index contributed by atoms with van der Waals surface area (Å²) < 4.78 is 36.9. The van der Waals surface area contributed by atoms with Gasteiger partial charge < -0.3 is 48.4 Å². The minimum atomic E-state index is -2.51. The summed E-state index contributed by atoms with van der Waals surface area (Å²) in [5.74, 6) is -6.71. The van der Waals surface area contributed by atoms with Crippen molar-refractivity contribution in [2.24, 2.45) is 29.6 Å². The number of aliphatic hydroxyl groups is 2. The third-order valence-corrected chi connectivity index (χ3v) is 14.5. The maximum atomic E-state index is 14.5. The third-order valence-electron chi connectivity index (χ3n) is 14.5. The van der Waals surface area contributed by atoms with Crippen molar-refractivity contribution in [2.45, 2.75) is 167 Å². The summed E-state index contributed by atoms with van der Waals surface area (Å²) in [4.78, 5) is 60.4. The Morgan fingerprint density at radius 3 is 2.18 bits per heavy atom. The van der Waals surface area contributed by atoms with Crippen LogP contribution in [0.5, 0.6) is 5.75 Å². The quantitative estimate of drug-likeness (QED) is 0.154. The van der Waals surface area contributed by atoms with Crippen LogP contribution in [-0.2, 0) is 42.9 Å². The molecule has 2 saturated heterocycles. The zero-order valence-corrected chi connectivity index (χ0v) is 40.8. The van der Waals surface area contributed by atoms with Crippen molar-refractivity contribution >= 4 is 29.1 Å². The van der Waals surface area contributed by atoms with Crippen molar-refractivity contribution < 1.29 is 57.8 Å². The number of rotatable bonds is 9. The number of hydrogen-bond acceptors (Lipinski definition) is 13. The molecule has 1 amide bonds. The predicted octanol–water partition coefficient (Wildman–Crippen LogP) is 6.63. The first-order valence-electron chi connectivity index (χ1n) is 23.9. The van der Waals surface area contributed by atoms with Crippen LogP contribution in [0.15, 0.2) is 47.6 Å². The summed E-state index contributed by atoms with van der Waals surface area (Å²) in [6.07, 6.45) is 4.68. The monoisotopic (exact) mass is 911 g/mol. The fourth-order valence-electron chi connectivity index (χ4n) is 10.5. The normalized spacial score (nSPS) is 36.5. The number of nitrogens with zero attached hydrogens (tertiary/aromatic N) is 2. The van der Waals surface area contributed by atoms with Crippen LogP contribution in [0.25, 0.3) is 0 Å². The summed E-state index contributed by atoms with van der Waals surface area (Å²) in [6.45, 7) is 11.4. The van der Waals surface area contributed by atoms with Gasteiger partial charge in [0.15, 0.2) is 0 Å². The number of carbonyl (C=O) groups is 4. The Labute approximate surface area is 387 Å². The number of hydrogen-bond donors (Lipinski definition) is 2. The summed E-state index contributed by atoms with van der Waals surface area (Å²) >= 11 is 0. The summed E-state index contributed by atoms with van der Waals surface area (Å²) in [5, 5.41) is 24.0. The van der Waals surface area contributed by atoms with Gasteiger partial charge in [0.25, 0.3) is 11.7 Å². The molecular weight excluding hydrogens is 833 g/mol. The number of carbonyl (C=O) groups excluding carboxylic acids is 4. The van der Waals surface area contributed by atoms with E-state index in [1.807, 2.05) is 70.1 Å². The Morgan fingerprint density at radius 1 is 0.892 bits per heavy atom. The van der Waals surface area contributed by atoms with E-state index in [4.69, 9.17) is 28.4 Å². The number of anilines is 1. The molecular formula is C51H78N2O12. The maximum Gasteiger partial charge on any atom is 0.329 e. The molecule has 14 nitrogen and oxygen atoms in total. The molecule has 14 unspecified atom stereocenters. The molecule has 1 aromatic rings. The van der Waals surface area contributed by atoms with Crippen LogP contribution in [0, 0.1) is 29.6 Å². The molecule has 2 N–H and O–H groups in total. The number of ketones is 2. The van der Waals surface area contributed by atoms with Crippen molar-refractivity contribution in [3.8, 4) is 5.75 Å². The van der Waals surface area contributed by atoms with Gasteiger partial charge in [0.05, 0.1) is 24.4 Å². The minimum Gasteiger partial charge on any atom is -0.488 e. The van der Waals surface area contributed by atoms with Crippen LogP contribution >= 0.6 is 0 Å². The Kier molecular flexibility index (Phi) is 18.8. The largest absolute Gasteiger partial charge is 0.488 e. The number of allylic oxidation sites excluding steroid dienone is 3. The first kappa shape index (κ1) is 52.3. The lowest BCUT2D eigenvalue weighted by Gasteiger charge is -2.47. The van der Waals surface area contributed by atoms with E-state index in [0.717, 1.165) is 23.4 Å². The molecule has 14 heteroatoms. The lowest BCUT2D eigenvalue weighted by atomic mass is 9.81. The highest BCUT2D eigenvalue weighted by Gasteiger charge is 2.56. The lowest BCUT2D eigenvalue weighted by molar-refractivity contribution is -0.302. The second kappa shape index (κ2) is 23.4. The molecule has 3 aliphatic heterocycles. The van der Waals surface area contributed by atoms with Gasteiger partial charge in [-0.25, -0.2) is 4.79 Å². The fourth-order valence-corrected chi connectivity index (χ4v) is 10.5. The number of fused-ring (bicyclic) bond motifs is 3. The van der Waals surface area contributed by atoms with E-state index in [2.05, 4.69) is 13.0 Å². The van der Waals surface area contributed by atoms with Crippen LogP contribution in [0.1, 0.15) is 112 Å². The average molecular weight is 911 g/mol. The van der Waals surface area contributed by atoms with E-state index in [9.17, 15) is 29.4 Å². The molecule has 65 heavy (non-hydrogen) atoms. The molecule has 14 atom stereocenters. The second-order valence-electron chi connectivity index (χ2n) is 19.6. The standard InChI is InChI=1S/C51H78N2O12/c1-12-36-24-30(2)23-31(3)25-44(61-10)47-45(62-11)27-33(5)51(59,65-47)48(56)49(57)53-22-14-13-15-39(53)50(58)64-46(34(6)40(54)29-41(36)55)32(4)26-35-16-21-42(43(28-35)60-9)63-38-19-17-37(18-20-38)52(7)8/h17-20,24,26,31,33-36,39-40,42-47,54,59H,12-16,21-23,25,27-29H2,1-11H3. The predicted molar refractivity (Wildman–Crippen MR) is 247 cm³/mol. The molecule has 3 fully saturated rings. The highest BCUT2D eigenvalue weighted by atomic mass is 16.7. The van der Waals surface area contributed by atoms with Gasteiger partial charge in [-0.05, 0) is 120 Å². The van der Waals surface area contributed by atoms with Gasteiger partial charge in [0.1, 0.15) is 35.9 Å². The Morgan fingerprint density at radius 2 is 1.55 bits per heavy atom. The minimum absolute atomic E-state index is 0.0218. The van der Waals surface area contributed by atoms with Gasteiger partial charge in [-0.15, -0.1) is 0 Å². The van der Waals surface area contributed by atoms with E-state index in [0.29, 0.717) is 50.5 Å². The van der Waals surface area contributed by atoms with Crippen molar-refractivity contribution in [1.82, 2.24) is 4.90 Å². The molecule has 2 bridgehead atoms. The summed E-state index contributed by atoms with van der Waals surface area (Å²) in [6, 6.07) is 6.81. The van der Waals surface area contributed by atoms with E-state index in [-0.39, 0.29) is 55.6 Å². The number of cyclic esters (lactones) is 1. The van der Waals surface area contributed by atoms with Gasteiger partial charge in [-0.3, -0.25) is 14.4 Å². The number of amides is 1. The lowest BCUT2D eigenvalue weighted by Crippen LogP contribution is -2.64. The highest BCUT2D eigenvalue weighted by Crippen LogP contribution is 2.39. The van der Waals surface area contributed by atoms with Gasteiger partial charge in [-0.2, -0.15) is 0 Å². The number of Topliss-reactive ketones (excluding diaryl/α,β-unsaturated/α-hetero) is 2. The van der Waals surface area contributed by atoms with Crippen LogP contribution in [0.4, 0.5) is 5.69 Å². The SMILES string of the molecule is CCC1C=C(C)CC(C)CC(OC)C2OC(O)(C(=O)C(=O)N3CCCCC3C(=O)OC(C(C)=CC3CCC(Oc4ccc(N(C)C)cc4)C(OC)C3)C(C)C(O)CC1=O)C(C)CC2OC. The number of benzene rings is 1. The van der Waals surface area contributed by atoms with Crippen LogP contribution < -0.4 is 9.64 Å². The zero-order chi connectivity index (χ0) is 47.7. The molecule has 5 rings (SSSR count). The first-order chi connectivity index (χ1) is 30.8. The highest BCUT2D eigenvalue weighted by molar-refractivity contribution is 6.39. The van der Waals surface area contributed by atoms with E-state index >= 15 is 0 Å². The van der Waals surface area contributed by atoms with Crippen LogP contribution in [0.2, 0.25) is 0 Å². The van der Waals surface area contributed by atoms with Gasteiger partial charge >= 0.3 is 5.97 Å². The summed E-state index contributed by atoms with van der Waals surface area (Å²) in [7, 11) is 8.73. The molecule has 4 aliphatic rings. The molecule has 1 aliphatic carbocycles. The average Bonchev–Trinajstić information content (AvgIpc) is 3.29. The number of aliphatic hydroxyl groups excluding tert-OH is 1. The van der Waals surface area contributed by atoms with E-state index in [1.165, 1.54) is 19.1 Å². The van der Waals surface area contributed by atoms with Crippen molar-refractivity contribution in [2.75, 3.05) is 46.9 Å². The molecule has 1 saturated carbocycles. The smallest absolute Gasteiger partial charge is 0.329 e. The van der Waals surface area contributed by atoms with Gasteiger partial charge in [0, 0.05) is 71.8 Å². The van der Waals surface area contributed by atoms with Crippen molar-refractivity contribution in [3.05, 3.63) is 47.6 Å². The molecule has 0 spiro atoms. The molecule has 3 heterocycles. The fraction of sp³-hybridized carbons (Fsp3) is 0.725. The molecule has 0 radical (unpaired) electrons. The topological polar surface area (TPSA) is 171 Å². The number of esters is 1. The van der Waals surface area contributed by atoms with Crippen molar-refractivity contribution in [3.63, 3.8) is 0 Å². The second-order valence-corrected chi connectivity index (χ2v) is 19.6. The van der Waals surface area contributed by atoms with Crippen LogP contribution in [0.3, 0.4) is 0 Å². The number of methoxy groups -OCH3 is 3. The van der Waals surface area contributed by atoms with E-state index in [1.54, 1.807) is 21.0 Å². The van der Waals surface area contributed by atoms with Gasteiger partial charge in [-0.1, -0.05) is 45.4 Å². The molecule has 0 aromatic heterocycles. The third kappa shape index (κ3) is 12.7. The van der Waals surface area contributed by atoms with E-state index < -0.39 is 77.8 Å². The first-order valence-corrected chi connectivity index (χ1v) is 23.9. The Balaban J connectivity index is 1.47. The van der Waals surface area contributed by atoms with Gasteiger partial charge in [0.2, 0.25) is 5.79 Å². The van der Waals surface area contributed by atoms with Crippen molar-refractivity contribution in [1.29, 1.82) is 0 Å². The Hall–Kier alpha value is -3.66. The number of piperidine rings is 1. The Bertz CT molecular complexity index is 1830. The zero-order valence-electron chi connectivity index (χ0n) is 40.8. The maximum absolute atomic E-state index is 14.5. The molecule has 364 valence electrons. The molecule has 1 aromatic carbocycles. The summed E-state index contributed by atoms with van der Waals surface area (Å²) in [5.41, 5.74) is 2.76. The van der Waals surface area contributed by atoms with Crippen LogP contribution in [-0.4, -0.2) is 135 Å².